The molecule has 100 valence electrons. The van der Waals surface area contributed by atoms with Crippen molar-refractivity contribution in [2.45, 2.75) is 6.92 Å². The Morgan fingerprint density at radius 2 is 1.95 bits per heavy atom. The summed E-state index contributed by atoms with van der Waals surface area (Å²) in [6.45, 7) is 2.47. The smallest absolute Gasteiger partial charge is 0.146 e. The Morgan fingerprint density at radius 3 is 2.63 bits per heavy atom. The van der Waals surface area contributed by atoms with Gasteiger partial charge in [0.25, 0.3) is 0 Å². The van der Waals surface area contributed by atoms with Gasteiger partial charge in [-0.25, -0.2) is 4.39 Å². The van der Waals surface area contributed by atoms with Gasteiger partial charge in [-0.3, -0.25) is 0 Å². The molecule has 0 unspecified atom stereocenters. The van der Waals surface area contributed by atoms with E-state index in [0.717, 1.165) is 5.69 Å². The van der Waals surface area contributed by atoms with Crippen LogP contribution in [0.1, 0.15) is 6.92 Å². The van der Waals surface area contributed by atoms with E-state index in [1.54, 1.807) is 42.3 Å². The molecular formula is C15H17FN2O. The Bertz CT molecular complexity index is 572. The van der Waals surface area contributed by atoms with E-state index in [2.05, 4.69) is 0 Å². The number of benzene rings is 2. The van der Waals surface area contributed by atoms with Gasteiger partial charge in [0.2, 0.25) is 0 Å². The third-order valence-corrected chi connectivity index (χ3v) is 2.83. The first-order valence-electron chi connectivity index (χ1n) is 6.13. The Labute approximate surface area is 112 Å². The minimum atomic E-state index is -0.273. The third-order valence-electron chi connectivity index (χ3n) is 2.83. The van der Waals surface area contributed by atoms with Crippen molar-refractivity contribution in [2.24, 2.45) is 0 Å². The number of hydrogen-bond donors (Lipinski definition) is 1. The largest absolute Gasteiger partial charge is 0.494 e. The number of anilines is 3. The molecule has 19 heavy (non-hydrogen) atoms. The van der Waals surface area contributed by atoms with E-state index < -0.39 is 0 Å². The van der Waals surface area contributed by atoms with Crippen LogP contribution in [0.2, 0.25) is 0 Å². The van der Waals surface area contributed by atoms with Crippen LogP contribution < -0.4 is 15.4 Å². The highest BCUT2D eigenvalue weighted by atomic mass is 19.1. The van der Waals surface area contributed by atoms with Gasteiger partial charge in [-0.05, 0) is 25.1 Å². The average molecular weight is 260 g/mol. The summed E-state index contributed by atoms with van der Waals surface area (Å²) in [7, 11) is 1.79. The average Bonchev–Trinajstić information content (AvgIpc) is 2.38. The minimum Gasteiger partial charge on any atom is -0.494 e. The molecule has 3 nitrogen and oxygen atoms in total. The Kier molecular flexibility index (Phi) is 3.90. The quantitative estimate of drug-likeness (QED) is 0.854. The molecule has 0 saturated carbocycles. The third kappa shape index (κ3) is 2.96. The van der Waals surface area contributed by atoms with Gasteiger partial charge < -0.3 is 15.4 Å². The minimum absolute atomic E-state index is 0.273. The lowest BCUT2D eigenvalue weighted by Gasteiger charge is -2.21. The summed E-state index contributed by atoms with van der Waals surface area (Å²) in [6.07, 6.45) is 0. The van der Waals surface area contributed by atoms with E-state index in [0.29, 0.717) is 23.7 Å². The summed E-state index contributed by atoms with van der Waals surface area (Å²) in [5.41, 5.74) is 7.71. The van der Waals surface area contributed by atoms with E-state index in [4.69, 9.17) is 10.5 Å². The maximum Gasteiger partial charge on any atom is 0.146 e. The van der Waals surface area contributed by atoms with Crippen molar-refractivity contribution in [1.82, 2.24) is 0 Å². The number of nitrogens with zero attached hydrogens (tertiary/aromatic N) is 1. The molecular weight excluding hydrogens is 243 g/mol. The number of rotatable bonds is 4. The normalized spacial score (nSPS) is 10.3. The molecule has 4 heteroatoms. The summed E-state index contributed by atoms with van der Waals surface area (Å²) in [4.78, 5) is 1.74. The van der Waals surface area contributed by atoms with Crippen LogP contribution in [0.4, 0.5) is 21.5 Å². The van der Waals surface area contributed by atoms with Gasteiger partial charge in [0.15, 0.2) is 0 Å². The predicted molar refractivity (Wildman–Crippen MR) is 76.5 cm³/mol. The van der Waals surface area contributed by atoms with Crippen LogP contribution in [-0.4, -0.2) is 13.7 Å². The highest BCUT2D eigenvalue weighted by Gasteiger charge is 2.10. The molecule has 0 spiro atoms. The first kappa shape index (κ1) is 13.2. The molecule has 0 heterocycles. The number of para-hydroxylation sites is 1. The van der Waals surface area contributed by atoms with E-state index >= 15 is 0 Å². The van der Waals surface area contributed by atoms with Crippen molar-refractivity contribution < 1.29 is 9.13 Å². The van der Waals surface area contributed by atoms with Crippen molar-refractivity contribution in [2.75, 3.05) is 24.3 Å². The van der Waals surface area contributed by atoms with Crippen molar-refractivity contribution in [3.05, 3.63) is 48.3 Å². The van der Waals surface area contributed by atoms with Gasteiger partial charge in [-0.1, -0.05) is 12.1 Å². The summed E-state index contributed by atoms with van der Waals surface area (Å²) in [6, 6.07) is 12.0. The zero-order chi connectivity index (χ0) is 13.8. The highest BCUT2D eigenvalue weighted by Crippen LogP contribution is 2.30. The monoisotopic (exact) mass is 260 g/mol. The number of ether oxygens (including phenoxy) is 1. The fourth-order valence-corrected chi connectivity index (χ4v) is 1.91. The number of halogens is 1. The van der Waals surface area contributed by atoms with Crippen molar-refractivity contribution in [3.63, 3.8) is 0 Å². The number of nitrogen functional groups attached to an aromatic ring is 1. The molecule has 0 saturated heterocycles. The second-order valence-corrected chi connectivity index (χ2v) is 4.20. The van der Waals surface area contributed by atoms with Crippen LogP contribution in [0.3, 0.4) is 0 Å². The zero-order valence-corrected chi connectivity index (χ0v) is 11.1. The van der Waals surface area contributed by atoms with Crippen LogP contribution in [0.15, 0.2) is 42.5 Å². The summed E-state index contributed by atoms with van der Waals surface area (Å²) in [5, 5.41) is 0. The van der Waals surface area contributed by atoms with Gasteiger partial charge in [-0.15, -0.1) is 0 Å². The van der Waals surface area contributed by atoms with Crippen molar-refractivity contribution in [1.29, 1.82) is 0 Å². The molecule has 0 atom stereocenters. The Hall–Kier alpha value is -2.23. The van der Waals surface area contributed by atoms with Crippen molar-refractivity contribution in [3.8, 4) is 5.75 Å². The second kappa shape index (κ2) is 5.61. The molecule has 0 aliphatic heterocycles. The van der Waals surface area contributed by atoms with Gasteiger partial charge in [0.1, 0.15) is 11.6 Å². The second-order valence-electron chi connectivity index (χ2n) is 4.20. The molecule has 2 rings (SSSR count). The first-order chi connectivity index (χ1) is 9.11. The van der Waals surface area contributed by atoms with Crippen molar-refractivity contribution >= 4 is 17.1 Å². The molecule has 0 fully saturated rings. The fourth-order valence-electron chi connectivity index (χ4n) is 1.91. The van der Waals surface area contributed by atoms with E-state index in [1.807, 2.05) is 13.0 Å². The molecule has 0 aromatic heterocycles. The summed E-state index contributed by atoms with van der Waals surface area (Å²) >= 11 is 0. The molecule has 2 N–H and O–H groups in total. The number of hydrogen-bond acceptors (Lipinski definition) is 3. The molecule has 0 radical (unpaired) electrons. The molecule has 0 aliphatic rings. The van der Waals surface area contributed by atoms with E-state index in [9.17, 15) is 4.39 Å². The van der Waals surface area contributed by atoms with Crippen LogP contribution >= 0.6 is 0 Å². The lowest BCUT2D eigenvalue weighted by Crippen LogP contribution is -2.11. The molecule has 0 amide bonds. The van der Waals surface area contributed by atoms with Crippen LogP contribution in [0.5, 0.6) is 5.75 Å². The topological polar surface area (TPSA) is 38.5 Å². The summed E-state index contributed by atoms with van der Waals surface area (Å²) in [5.74, 6) is 0.408. The first-order valence-corrected chi connectivity index (χ1v) is 6.13. The van der Waals surface area contributed by atoms with Gasteiger partial charge in [-0.2, -0.15) is 0 Å². The van der Waals surface area contributed by atoms with Crippen LogP contribution in [0, 0.1) is 5.82 Å². The van der Waals surface area contributed by atoms with E-state index in [1.165, 1.54) is 6.07 Å². The lowest BCUT2D eigenvalue weighted by molar-refractivity contribution is 0.340. The van der Waals surface area contributed by atoms with Crippen LogP contribution in [-0.2, 0) is 0 Å². The highest BCUT2D eigenvalue weighted by molar-refractivity contribution is 5.68. The number of nitrogens with two attached hydrogens (primary N) is 1. The summed E-state index contributed by atoms with van der Waals surface area (Å²) < 4.78 is 19.2. The molecule has 2 aromatic carbocycles. The lowest BCUT2D eigenvalue weighted by atomic mass is 10.2. The van der Waals surface area contributed by atoms with Gasteiger partial charge in [0, 0.05) is 30.6 Å². The zero-order valence-electron chi connectivity index (χ0n) is 11.1. The SMILES string of the molecule is CCOc1cc(N)cc(N(C)c2ccccc2F)c1. The molecule has 0 bridgehead atoms. The van der Waals surface area contributed by atoms with E-state index in [-0.39, 0.29) is 5.82 Å². The maximum atomic E-state index is 13.8. The maximum absolute atomic E-state index is 13.8. The fraction of sp³-hybridized carbons (Fsp3) is 0.200. The predicted octanol–water partition coefficient (Wildman–Crippen LogP) is 3.57. The van der Waals surface area contributed by atoms with Gasteiger partial charge >= 0.3 is 0 Å². The molecule has 0 aliphatic carbocycles. The van der Waals surface area contributed by atoms with Gasteiger partial charge in [0.05, 0.1) is 12.3 Å². The van der Waals surface area contributed by atoms with Crippen LogP contribution in [0.25, 0.3) is 0 Å². The standard InChI is InChI=1S/C15H17FN2O/c1-3-19-13-9-11(17)8-12(10-13)18(2)15-7-5-4-6-14(15)16/h4-10H,3,17H2,1-2H3. The molecule has 2 aromatic rings. The Morgan fingerprint density at radius 1 is 1.21 bits per heavy atom. The Balaban J connectivity index is 2.38.